The van der Waals surface area contributed by atoms with Crippen LogP contribution in [-0.4, -0.2) is 71.6 Å². The van der Waals surface area contributed by atoms with Crippen LogP contribution in [0.25, 0.3) is 55.0 Å². The number of benzene rings is 6. The number of fused-ring (bicyclic) bond motifs is 3. The van der Waals surface area contributed by atoms with E-state index in [1.165, 1.54) is 36.4 Å². The highest BCUT2D eigenvalue weighted by Crippen LogP contribution is 2.40. The standard InChI is InChI=1S/2C22H20F3N5O.C19H17BrF3N3O/c2*1-11(14-5-4-6-15(20(14)23)21(24)25)28-22-17-8-19(31-3)16(13-9-26-27-10-13)7-18(17)29-12(2)30-22;1-9(11-5-4-6-12(17(11)21)18(22)23)24-19-13-7-16(27-3)14(20)8-15(13)25-10(2)26-19/h2*4-11,21H,1-3H3,(H,26,27)(H,28,29,30);4-9,18H,1-3H3,(H,24,25,26). The van der Waals surface area contributed by atoms with Gasteiger partial charge in [0.1, 0.15) is 69.6 Å². The molecule has 0 aliphatic carbocycles. The molecule has 26 heteroatoms. The lowest BCUT2D eigenvalue weighted by molar-refractivity contribution is 0.145. The van der Waals surface area contributed by atoms with Crippen molar-refractivity contribution >= 4 is 66.1 Å². The second kappa shape index (κ2) is 27.6. The maximum Gasteiger partial charge on any atom is 0.266 e. The van der Waals surface area contributed by atoms with Crippen molar-refractivity contribution in [1.29, 1.82) is 0 Å². The third kappa shape index (κ3) is 14.1. The van der Waals surface area contributed by atoms with Gasteiger partial charge in [-0.3, -0.25) is 10.2 Å². The predicted octanol–water partition coefficient (Wildman–Crippen LogP) is 17.1. The number of alkyl halides is 6. The fraction of sp³-hybridized carbons (Fsp3) is 0.238. The number of anilines is 3. The third-order valence-corrected chi connectivity index (χ3v) is 14.9. The molecule has 11 aromatic rings. The Morgan fingerprint density at radius 2 is 0.730 bits per heavy atom. The first-order valence-electron chi connectivity index (χ1n) is 27.3. The highest BCUT2D eigenvalue weighted by Gasteiger charge is 2.25. The van der Waals surface area contributed by atoms with Crippen LogP contribution in [0.3, 0.4) is 0 Å². The van der Waals surface area contributed by atoms with Crippen molar-refractivity contribution in [1.82, 2.24) is 50.3 Å². The zero-order chi connectivity index (χ0) is 64.0. The van der Waals surface area contributed by atoms with Crippen molar-refractivity contribution in [2.24, 2.45) is 0 Å². The van der Waals surface area contributed by atoms with E-state index < -0.39 is 71.5 Å². The fourth-order valence-corrected chi connectivity index (χ4v) is 10.4. The zero-order valence-corrected chi connectivity index (χ0v) is 50.6. The molecule has 5 aromatic heterocycles. The highest BCUT2D eigenvalue weighted by atomic mass is 79.9. The van der Waals surface area contributed by atoms with Gasteiger partial charge in [-0.25, -0.2) is 69.4 Å². The number of aryl methyl sites for hydroxylation is 3. The molecule has 0 aliphatic rings. The maximum absolute atomic E-state index is 14.6. The van der Waals surface area contributed by atoms with Gasteiger partial charge >= 0.3 is 0 Å². The van der Waals surface area contributed by atoms with Gasteiger partial charge in [0.2, 0.25) is 0 Å². The van der Waals surface area contributed by atoms with Crippen molar-refractivity contribution in [3.8, 4) is 39.5 Å². The molecule has 11 rings (SSSR count). The van der Waals surface area contributed by atoms with Crippen molar-refractivity contribution in [3.63, 3.8) is 0 Å². The summed E-state index contributed by atoms with van der Waals surface area (Å²) in [5.74, 6) is 1.92. The highest BCUT2D eigenvalue weighted by molar-refractivity contribution is 9.10. The van der Waals surface area contributed by atoms with E-state index in [-0.39, 0.29) is 16.7 Å². The van der Waals surface area contributed by atoms with Crippen LogP contribution in [0.1, 0.15) is 109 Å². The second-order valence-electron chi connectivity index (χ2n) is 20.2. The van der Waals surface area contributed by atoms with Gasteiger partial charge in [-0.05, 0) is 93.9 Å². The molecule has 5 N–H and O–H groups in total. The van der Waals surface area contributed by atoms with Crippen molar-refractivity contribution in [3.05, 3.63) is 189 Å². The predicted molar refractivity (Wildman–Crippen MR) is 326 cm³/mol. The van der Waals surface area contributed by atoms with E-state index in [0.29, 0.717) is 84.9 Å². The van der Waals surface area contributed by atoms with Gasteiger partial charge in [-0.1, -0.05) is 54.6 Å². The van der Waals surface area contributed by atoms with E-state index in [9.17, 15) is 39.5 Å². The number of H-pyrrole nitrogens is 2. The first-order chi connectivity index (χ1) is 42.6. The summed E-state index contributed by atoms with van der Waals surface area (Å²) in [6.45, 7) is 10.3. The molecule has 0 radical (unpaired) electrons. The molecule has 0 fully saturated rings. The number of halogens is 10. The summed E-state index contributed by atoms with van der Waals surface area (Å²) in [6.07, 6.45) is -1.80. The Hall–Kier alpha value is -9.59. The van der Waals surface area contributed by atoms with Crippen LogP contribution in [0, 0.1) is 38.2 Å². The summed E-state index contributed by atoms with van der Waals surface area (Å²) in [7, 11) is 4.66. The van der Waals surface area contributed by atoms with E-state index >= 15 is 0 Å². The minimum absolute atomic E-state index is 0.129. The first kappa shape index (κ1) is 63.9. The van der Waals surface area contributed by atoms with Crippen molar-refractivity contribution in [2.45, 2.75) is 78.9 Å². The number of hydrogen-bond acceptors (Lipinski definition) is 14. The number of nitrogens with one attached hydrogen (secondary N) is 5. The Morgan fingerprint density at radius 1 is 0.427 bits per heavy atom. The monoisotopic (exact) mass is 1290 g/mol. The molecule has 462 valence electrons. The van der Waals surface area contributed by atoms with Gasteiger partial charge < -0.3 is 30.2 Å². The Morgan fingerprint density at radius 3 is 1.02 bits per heavy atom. The largest absolute Gasteiger partial charge is 0.496 e. The van der Waals surface area contributed by atoms with Crippen LogP contribution in [0.15, 0.2) is 120 Å². The number of ether oxygens (including phenoxy) is 3. The zero-order valence-electron chi connectivity index (χ0n) is 49.0. The lowest BCUT2D eigenvalue weighted by Crippen LogP contribution is -2.12. The molecule has 0 saturated heterocycles. The molecule has 3 unspecified atom stereocenters. The van der Waals surface area contributed by atoms with Gasteiger partial charge in [0.25, 0.3) is 19.3 Å². The average molecular weight is 1300 g/mol. The van der Waals surface area contributed by atoms with E-state index in [1.54, 1.807) is 112 Å². The lowest BCUT2D eigenvalue weighted by atomic mass is 10.0. The number of nitrogens with zero attached hydrogens (tertiary/aromatic N) is 8. The number of aromatic nitrogens is 10. The number of methoxy groups -OCH3 is 3. The molecule has 6 aromatic carbocycles. The summed E-state index contributed by atoms with van der Waals surface area (Å²) in [6, 6.07) is 21.0. The Kier molecular flexibility index (Phi) is 19.8. The van der Waals surface area contributed by atoms with E-state index in [0.717, 1.165) is 44.9 Å². The molecule has 0 amide bonds. The number of hydrogen-bond donors (Lipinski definition) is 5. The molecule has 0 aliphatic heterocycles. The van der Waals surface area contributed by atoms with Gasteiger partial charge in [0.05, 0.1) is 89.6 Å². The fourth-order valence-electron chi connectivity index (χ4n) is 9.92. The van der Waals surface area contributed by atoms with Gasteiger partial charge in [0.15, 0.2) is 0 Å². The topological polar surface area (TPSA) is 198 Å². The van der Waals surface area contributed by atoms with Crippen molar-refractivity contribution < 1.29 is 53.7 Å². The summed E-state index contributed by atoms with van der Waals surface area (Å²) >= 11 is 3.42. The van der Waals surface area contributed by atoms with Gasteiger partial charge in [-0.2, -0.15) is 10.2 Å². The smallest absolute Gasteiger partial charge is 0.266 e. The molecule has 16 nitrogen and oxygen atoms in total. The van der Waals surface area contributed by atoms with E-state index in [2.05, 4.69) is 82.2 Å². The first-order valence-corrected chi connectivity index (χ1v) is 28.1. The molecule has 5 heterocycles. The van der Waals surface area contributed by atoms with Gasteiger partial charge in [-0.15, -0.1) is 0 Å². The molecule has 0 bridgehead atoms. The molecule has 89 heavy (non-hydrogen) atoms. The van der Waals surface area contributed by atoms with E-state index in [1.807, 2.05) is 12.1 Å². The van der Waals surface area contributed by atoms with E-state index in [4.69, 9.17) is 14.2 Å². The molecule has 0 saturated carbocycles. The molecular formula is C63H57BrF9N13O3. The van der Waals surface area contributed by atoms with Gasteiger partial charge in [0, 0.05) is 67.5 Å². The molecular weight excluding hydrogens is 1240 g/mol. The average Bonchev–Trinajstić information content (AvgIpc) is 3.42. The Labute approximate surface area is 512 Å². The SMILES string of the molecule is COc1cc2c(NC(C)c3cccc(C(F)F)c3F)nc(C)nc2cc1-c1cn[nH]c1.COc1cc2c(NC(C)c3cccc(C(F)F)c3F)nc(C)nc2cc1-c1cn[nH]c1.COc1cc2c(NC(C)c3cccc(C(F)F)c3F)nc(C)nc2cc1Br. The molecule has 3 atom stereocenters. The van der Waals surface area contributed by atoms with Crippen LogP contribution < -0.4 is 30.2 Å². The maximum atomic E-state index is 14.6. The van der Waals surface area contributed by atoms with Crippen molar-refractivity contribution in [2.75, 3.05) is 37.3 Å². The second-order valence-corrected chi connectivity index (χ2v) is 21.1. The Bertz CT molecular complexity index is 4130. The van der Waals surface area contributed by atoms with Crippen LogP contribution in [-0.2, 0) is 0 Å². The summed E-state index contributed by atoms with van der Waals surface area (Å²) in [4.78, 5) is 26.7. The van der Waals surface area contributed by atoms with Crippen LogP contribution in [0.5, 0.6) is 17.2 Å². The minimum Gasteiger partial charge on any atom is -0.496 e. The normalized spacial score (nSPS) is 12.4. The van der Waals surface area contributed by atoms with Crippen LogP contribution in [0.2, 0.25) is 0 Å². The minimum atomic E-state index is -2.89. The van der Waals surface area contributed by atoms with Crippen LogP contribution in [0.4, 0.5) is 57.0 Å². The summed E-state index contributed by atoms with van der Waals surface area (Å²) < 4.78 is 139. The summed E-state index contributed by atoms with van der Waals surface area (Å²) in [5, 5.41) is 24.9. The number of aromatic amines is 2. The molecule has 0 spiro atoms. The number of rotatable bonds is 17. The van der Waals surface area contributed by atoms with Crippen LogP contribution >= 0.6 is 15.9 Å². The summed E-state index contributed by atoms with van der Waals surface area (Å²) in [5.41, 5.74) is 3.79. The lowest BCUT2D eigenvalue weighted by Gasteiger charge is -2.19. The Balaban J connectivity index is 0.000000159. The third-order valence-electron chi connectivity index (χ3n) is 14.3. The quantitative estimate of drug-likeness (QED) is 0.0540.